The first-order valence-electron chi connectivity index (χ1n) is 14.6. The minimum atomic E-state index is -0.217. The molecular weight excluding hydrogens is 492 g/mol. The van der Waals surface area contributed by atoms with Crippen molar-refractivity contribution in [2.75, 3.05) is 31.2 Å². The topological polar surface area (TPSA) is 102 Å². The highest BCUT2D eigenvalue weighted by Crippen LogP contribution is 2.53. The molecule has 0 aromatic carbocycles. The van der Waals surface area contributed by atoms with Gasteiger partial charge in [0.05, 0.1) is 36.2 Å². The van der Waals surface area contributed by atoms with E-state index < -0.39 is 0 Å². The monoisotopic (exact) mass is 532 g/mol. The van der Waals surface area contributed by atoms with Crippen molar-refractivity contribution in [2.45, 2.75) is 83.5 Å². The van der Waals surface area contributed by atoms with Gasteiger partial charge in [-0.25, -0.2) is 4.98 Å². The molecule has 0 radical (unpaired) electrons. The Labute approximate surface area is 229 Å². The molecule has 3 aromatic heterocycles. The zero-order valence-corrected chi connectivity index (χ0v) is 23.4. The highest BCUT2D eigenvalue weighted by Gasteiger charge is 2.50. The molecule has 10 heteroatoms. The Bertz CT molecular complexity index is 1390. The quantitative estimate of drug-likeness (QED) is 0.521. The zero-order valence-electron chi connectivity index (χ0n) is 23.4. The van der Waals surface area contributed by atoms with Gasteiger partial charge in [-0.3, -0.25) is 14.2 Å². The number of nitrogens with zero attached hydrogens (tertiary/aromatic N) is 6. The fourth-order valence-corrected chi connectivity index (χ4v) is 7.57. The van der Waals surface area contributed by atoms with Gasteiger partial charge in [-0.2, -0.15) is 10.2 Å². The van der Waals surface area contributed by atoms with E-state index in [0.717, 1.165) is 93.5 Å². The van der Waals surface area contributed by atoms with E-state index in [1.807, 2.05) is 17.9 Å². The maximum atomic E-state index is 12.9. The number of morpholine rings is 1. The lowest BCUT2D eigenvalue weighted by molar-refractivity contribution is -0.130. The van der Waals surface area contributed by atoms with Gasteiger partial charge in [0.1, 0.15) is 6.04 Å². The van der Waals surface area contributed by atoms with E-state index >= 15 is 0 Å². The molecule has 0 unspecified atom stereocenters. The molecule has 10 nitrogen and oxygen atoms in total. The first-order chi connectivity index (χ1) is 18.8. The number of rotatable bonds is 5. The van der Waals surface area contributed by atoms with Crippen LogP contribution < -0.4 is 15.5 Å². The number of hydrogen-bond donors (Lipinski definition) is 2. The van der Waals surface area contributed by atoms with E-state index in [9.17, 15) is 4.79 Å². The van der Waals surface area contributed by atoms with Crippen molar-refractivity contribution in [3.8, 4) is 0 Å². The molecule has 2 N–H and O–H groups in total. The summed E-state index contributed by atoms with van der Waals surface area (Å²) in [5.41, 5.74) is 7.34. The predicted molar refractivity (Wildman–Crippen MR) is 149 cm³/mol. The average Bonchev–Trinajstić information content (AvgIpc) is 3.48. The van der Waals surface area contributed by atoms with E-state index in [1.54, 1.807) is 0 Å². The van der Waals surface area contributed by atoms with Crippen molar-refractivity contribution in [3.63, 3.8) is 0 Å². The van der Waals surface area contributed by atoms with Crippen molar-refractivity contribution in [3.05, 3.63) is 34.9 Å². The van der Waals surface area contributed by atoms with Crippen molar-refractivity contribution >= 4 is 22.6 Å². The number of pyridine rings is 1. The van der Waals surface area contributed by atoms with Gasteiger partial charge >= 0.3 is 0 Å². The van der Waals surface area contributed by atoms with Crippen LogP contribution in [0, 0.1) is 19.3 Å². The van der Waals surface area contributed by atoms with Crippen molar-refractivity contribution < 1.29 is 9.53 Å². The van der Waals surface area contributed by atoms with Crippen LogP contribution in [-0.4, -0.2) is 68.3 Å². The number of anilines is 1. The Hall–Kier alpha value is -2.98. The largest absolute Gasteiger partial charge is 0.378 e. The van der Waals surface area contributed by atoms with Crippen molar-refractivity contribution in [2.24, 2.45) is 12.5 Å². The van der Waals surface area contributed by atoms with Gasteiger partial charge in [0.25, 0.3) is 0 Å². The van der Waals surface area contributed by atoms with Gasteiger partial charge in [-0.05, 0) is 63.9 Å². The van der Waals surface area contributed by atoms with Gasteiger partial charge < -0.3 is 20.3 Å². The van der Waals surface area contributed by atoms with Gasteiger partial charge in [-0.1, -0.05) is 0 Å². The lowest BCUT2D eigenvalue weighted by Crippen LogP contribution is -2.62. The number of aryl methyl sites for hydroxylation is 3. The van der Waals surface area contributed by atoms with Crippen LogP contribution in [0.4, 0.5) is 5.69 Å². The summed E-state index contributed by atoms with van der Waals surface area (Å²) < 4.78 is 9.72. The minimum absolute atomic E-state index is 0.0434. The van der Waals surface area contributed by atoms with Crippen LogP contribution >= 0.6 is 0 Å². The summed E-state index contributed by atoms with van der Waals surface area (Å²) in [5.74, 6) is 0.110. The summed E-state index contributed by atoms with van der Waals surface area (Å²) in [4.78, 5) is 20.1. The number of nitrogens with one attached hydrogen (secondary N) is 2. The average molecular weight is 533 g/mol. The summed E-state index contributed by atoms with van der Waals surface area (Å²) in [6.45, 7) is 8.96. The molecule has 5 heterocycles. The van der Waals surface area contributed by atoms with Crippen LogP contribution in [0.1, 0.15) is 61.2 Å². The Morgan fingerprint density at radius 3 is 2.74 bits per heavy atom. The Morgan fingerprint density at radius 1 is 1.21 bits per heavy atom. The molecule has 5 aliphatic rings. The predicted octanol–water partition coefficient (Wildman–Crippen LogP) is 2.54. The second kappa shape index (κ2) is 9.30. The van der Waals surface area contributed by atoms with Gasteiger partial charge in [0.15, 0.2) is 5.65 Å². The first-order valence-corrected chi connectivity index (χ1v) is 14.6. The van der Waals surface area contributed by atoms with Crippen LogP contribution in [0.3, 0.4) is 0 Å². The van der Waals surface area contributed by atoms with E-state index in [0.29, 0.717) is 13.2 Å². The fraction of sp³-hybridized carbons (Fsp3) is 0.655. The van der Waals surface area contributed by atoms with Crippen molar-refractivity contribution in [1.29, 1.82) is 0 Å². The number of ether oxygens (including phenoxy) is 1. The normalized spacial score (nSPS) is 28.6. The highest BCUT2D eigenvalue weighted by molar-refractivity contribution is 5.89. The molecule has 8 rings (SSSR count). The molecule has 3 aromatic rings. The van der Waals surface area contributed by atoms with E-state index in [4.69, 9.17) is 14.8 Å². The third-order valence-corrected chi connectivity index (χ3v) is 10.0. The fourth-order valence-electron chi connectivity index (χ4n) is 7.57. The van der Waals surface area contributed by atoms with E-state index in [-0.39, 0.29) is 22.9 Å². The van der Waals surface area contributed by atoms with Crippen LogP contribution in [0.15, 0.2) is 12.3 Å². The summed E-state index contributed by atoms with van der Waals surface area (Å²) in [5, 5.41) is 17.4. The van der Waals surface area contributed by atoms with E-state index in [1.165, 1.54) is 16.9 Å². The minimum Gasteiger partial charge on any atom is -0.378 e. The first kappa shape index (κ1) is 25.0. The van der Waals surface area contributed by atoms with Crippen LogP contribution in [0.2, 0.25) is 0 Å². The Morgan fingerprint density at radius 2 is 2.00 bits per heavy atom. The van der Waals surface area contributed by atoms with Crippen LogP contribution in [-0.2, 0) is 36.1 Å². The third kappa shape index (κ3) is 4.32. The van der Waals surface area contributed by atoms with E-state index in [2.05, 4.69) is 45.2 Å². The third-order valence-electron chi connectivity index (χ3n) is 10.0. The molecule has 1 saturated heterocycles. The molecular formula is C29H40N8O2. The summed E-state index contributed by atoms with van der Waals surface area (Å²) >= 11 is 0. The molecule has 1 amide bonds. The number of fused-ring (bicyclic) bond motifs is 5. The maximum absolute atomic E-state index is 12.9. The Kier molecular flexibility index (Phi) is 5.97. The zero-order chi connectivity index (χ0) is 26.8. The summed E-state index contributed by atoms with van der Waals surface area (Å²) in [6, 6.07) is 1.98. The number of hydrogen-bond acceptors (Lipinski definition) is 7. The van der Waals surface area contributed by atoms with Crippen LogP contribution in [0.5, 0.6) is 0 Å². The lowest BCUT2D eigenvalue weighted by Gasteiger charge is -2.54. The molecule has 0 spiro atoms. The lowest BCUT2D eigenvalue weighted by atomic mass is 9.57. The number of carbonyl (C=O) groups excluding carboxylic acids is 1. The molecule has 3 aliphatic carbocycles. The molecule has 2 bridgehead atoms. The highest BCUT2D eigenvalue weighted by atomic mass is 16.5. The molecule has 208 valence electrons. The van der Waals surface area contributed by atoms with Crippen LogP contribution in [0.25, 0.3) is 11.0 Å². The molecule has 2 aliphatic heterocycles. The number of carbonyl (C=O) groups is 1. The molecule has 1 atom stereocenters. The van der Waals surface area contributed by atoms with Gasteiger partial charge in [-0.15, -0.1) is 0 Å². The maximum Gasteiger partial charge on any atom is 0.239 e. The second-order valence-electron chi connectivity index (χ2n) is 12.5. The smallest absolute Gasteiger partial charge is 0.239 e. The Balaban J connectivity index is 1.05. The molecule has 39 heavy (non-hydrogen) atoms. The molecule has 3 saturated carbocycles. The van der Waals surface area contributed by atoms with Crippen molar-refractivity contribution in [1.82, 2.24) is 35.2 Å². The van der Waals surface area contributed by atoms with Gasteiger partial charge in [0.2, 0.25) is 5.91 Å². The second-order valence-corrected chi connectivity index (χ2v) is 12.5. The SMILES string of the molecule is Cc1cc(N2CCc3c(c(C)nn3CC34CCC(NC(=O)[C@H]5COCCN5)(CC3)CC4)C2)c2cnn(C)c2n1. The van der Waals surface area contributed by atoms with Gasteiger partial charge in [0, 0.05) is 62.1 Å². The summed E-state index contributed by atoms with van der Waals surface area (Å²) in [6.07, 6.45) is 9.56. The summed E-state index contributed by atoms with van der Waals surface area (Å²) in [7, 11) is 1.96. The number of amides is 1. The standard InChI is InChI=1S/C29H40N8O2/c1-19-14-25(21-15-31-35(3)26(21)32-19)36-12-4-24-22(16-36)20(2)34-37(24)18-28-5-8-29(9-6-28,10-7-28)33-27(38)23-17-39-13-11-30-23/h14-15,23,30H,4-13,16-18H2,1-3H3,(H,33,38)/t23-,28?,29?/m1/s1. The number of aromatic nitrogens is 5. The molecule has 4 fully saturated rings.